The molecule has 0 unspecified atom stereocenters. The number of fused-ring (bicyclic) bond motifs is 1. The molecule has 0 heterocycles. The number of halogens is 2. The van der Waals surface area contributed by atoms with Crippen molar-refractivity contribution in [3.63, 3.8) is 0 Å². The highest BCUT2D eigenvalue weighted by atomic mass is 35.5. The van der Waals surface area contributed by atoms with E-state index < -0.39 is 6.04 Å². The van der Waals surface area contributed by atoms with Crippen LogP contribution in [0.4, 0.5) is 0 Å². The third-order valence-electron chi connectivity index (χ3n) is 7.74. The molecule has 0 spiro atoms. The van der Waals surface area contributed by atoms with Crippen LogP contribution in [0.5, 0.6) is 5.75 Å². The number of amides is 2. The largest absolute Gasteiger partial charge is 0.507 e. The Labute approximate surface area is 244 Å². The molecule has 5 rings (SSSR count). The first-order valence-electron chi connectivity index (χ1n) is 13.7. The molecule has 1 fully saturated rings. The van der Waals surface area contributed by atoms with Crippen LogP contribution in [-0.2, 0) is 11.3 Å². The van der Waals surface area contributed by atoms with Crippen molar-refractivity contribution in [3.8, 4) is 16.9 Å². The first kappa shape index (κ1) is 28.0. The van der Waals surface area contributed by atoms with Crippen LogP contribution >= 0.6 is 23.2 Å². The molecule has 7 heteroatoms. The molecule has 206 valence electrons. The summed E-state index contributed by atoms with van der Waals surface area (Å²) in [6.07, 6.45) is 6.21. The van der Waals surface area contributed by atoms with Crippen molar-refractivity contribution in [1.29, 1.82) is 0 Å². The Morgan fingerprint density at radius 1 is 0.875 bits per heavy atom. The normalized spacial score (nSPS) is 14.6. The van der Waals surface area contributed by atoms with Crippen LogP contribution in [0.3, 0.4) is 0 Å². The van der Waals surface area contributed by atoms with Crippen LogP contribution in [0.1, 0.15) is 54.4 Å². The SMILES string of the molecule is O=C(N[C@@H](CC1CCCCC1)C(=O)NCc1cccc2ccccc12)c1ccc(O)c(-c2ccc(Cl)c(Cl)c2)c1. The maximum atomic E-state index is 13.5. The molecule has 0 aliphatic heterocycles. The van der Waals surface area contributed by atoms with Crippen LogP contribution in [0.2, 0.25) is 10.0 Å². The predicted molar refractivity (Wildman–Crippen MR) is 162 cm³/mol. The summed E-state index contributed by atoms with van der Waals surface area (Å²) in [7, 11) is 0. The topological polar surface area (TPSA) is 78.4 Å². The van der Waals surface area contributed by atoms with Crippen molar-refractivity contribution in [3.05, 3.63) is 100 Å². The van der Waals surface area contributed by atoms with Gasteiger partial charge in [-0.1, -0.05) is 104 Å². The molecule has 1 aliphatic rings. The van der Waals surface area contributed by atoms with Gasteiger partial charge in [0.1, 0.15) is 11.8 Å². The minimum absolute atomic E-state index is 0.0153. The number of hydrogen-bond acceptors (Lipinski definition) is 3. The quantitative estimate of drug-likeness (QED) is 0.200. The van der Waals surface area contributed by atoms with E-state index in [2.05, 4.69) is 22.8 Å². The molecule has 40 heavy (non-hydrogen) atoms. The van der Waals surface area contributed by atoms with Crippen LogP contribution in [0, 0.1) is 5.92 Å². The van der Waals surface area contributed by atoms with E-state index in [-0.39, 0.29) is 17.6 Å². The second-order valence-corrected chi connectivity index (χ2v) is 11.3. The van der Waals surface area contributed by atoms with Gasteiger partial charge in [0, 0.05) is 17.7 Å². The highest BCUT2D eigenvalue weighted by Crippen LogP contribution is 2.34. The zero-order valence-electron chi connectivity index (χ0n) is 22.1. The van der Waals surface area contributed by atoms with Gasteiger partial charge in [-0.25, -0.2) is 0 Å². The lowest BCUT2D eigenvalue weighted by Gasteiger charge is -2.27. The summed E-state index contributed by atoms with van der Waals surface area (Å²) < 4.78 is 0. The van der Waals surface area contributed by atoms with Crippen molar-refractivity contribution in [2.75, 3.05) is 0 Å². The molecule has 0 saturated heterocycles. The van der Waals surface area contributed by atoms with Gasteiger partial charge < -0.3 is 15.7 Å². The van der Waals surface area contributed by atoms with Crippen molar-refractivity contribution < 1.29 is 14.7 Å². The van der Waals surface area contributed by atoms with Gasteiger partial charge in [-0.2, -0.15) is 0 Å². The molecule has 0 radical (unpaired) electrons. The number of carbonyl (C=O) groups excluding carboxylic acids is 2. The highest BCUT2D eigenvalue weighted by Gasteiger charge is 2.27. The summed E-state index contributed by atoms with van der Waals surface area (Å²) in [6, 6.07) is 23.1. The molecule has 5 nitrogen and oxygen atoms in total. The van der Waals surface area contributed by atoms with Crippen molar-refractivity contribution in [1.82, 2.24) is 10.6 Å². The average molecular weight is 576 g/mol. The molecule has 1 atom stereocenters. The monoisotopic (exact) mass is 574 g/mol. The summed E-state index contributed by atoms with van der Waals surface area (Å²) in [4.78, 5) is 27.0. The number of carbonyl (C=O) groups is 2. The molecule has 2 amide bonds. The fourth-order valence-corrected chi connectivity index (χ4v) is 5.85. The van der Waals surface area contributed by atoms with E-state index in [1.807, 2.05) is 30.3 Å². The Bertz CT molecular complexity index is 1530. The zero-order valence-corrected chi connectivity index (χ0v) is 23.6. The van der Waals surface area contributed by atoms with Gasteiger partial charge in [0.25, 0.3) is 5.91 Å². The molecule has 0 bridgehead atoms. The minimum Gasteiger partial charge on any atom is -0.507 e. The second kappa shape index (κ2) is 12.8. The molecule has 3 N–H and O–H groups in total. The molecule has 1 aliphatic carbocycles. The Morgan fingerprint density at radius 2 is 1.65 bits per heavy atom. The Balaban J connectivity index is 1.35. The maximum absolute atomic E-state index is 13.5. The minimum atomic E-state index is -0.673. The maximum Gasteiger partial charge on any atom is 0.251 e. The first-order chi connectivity index (χ1) is 19.4. The number of benzene rings is 4. The Morgan fingerprint density at radius 3 is 2.45 bits per heavy atom. The van der Waals surface area contributed by atoms with E-state index in [4.69, 9.17) is 23.2 Å². The molecule has 4 aromatic rings. The smallest absolute Gasteiger partial charge is 0.251 e. The fourth-order valence-electron chi connectivity index (χ4n) is 5.55. The van der Waals surface area contributed by atoms with E-state index in [0.29, 0.717) is 45.6 Å². The average Bonchev–Trinajstić information content (AvgIpc) is 2.97. The van der Waals surface area contributed by atoms with Crippen molar-refractivity contribution in [2.45, 2.75) is 51.1 Å². The van der Waals surface area contributed by atoms with Gasteiger partial charge in [-0.3, -0.25) is 9.59 Å². The van der Waals surface area contributed by atoms with E-state index in [1.165, 1.54) is 12.5 Å². The number of hydrogen-bond donors (Lipinski definition) is 3. The van der Waals surface area contributed by atoms with Gasteiger partial charge in [0.15, 0.2) is 0 Å². The van der Waals surface area contributed by atoms with E-state index >= 15 is 0 Å². The molecular formula is C33H32Cl2N2O3. The van der Waals surface area contributed by atoms with Crippen molar-refractivity contribution >= 4 is 45.8 Å². The standard InChI is InChI=1S/C33H32Cl2N2O3/c34-28-15-13-23(19-29(28)35)27-18-24(14-16-31(27)38)32(39)37-30(17-21-7-2-1-3-8-21)33(40)36-20-25-11-6-10-22-9-4-5-12-26(22)25/h4-6,9-16,18-19,21,30,38H,1-3,7-8,17,20H2,(H,36,40)(H,37,39)/t30-/m0/s1. The number of phenolic OH excluding ortho intramolecular Hbond substituents is 1. The fraction of sp³-hybridized carbons (Fsp3) is 0.273. The van der Waals surface area contributed by atoms with Crippen molar-refractivity contribution in [2.24, 2.45) is 5.92 Å². The number of nitrogens with one attached hydrogen (secondary N) is 2. The summed E-state index contributed by atoms with van der Waals surface area (Å²) in [6.45, 7) is 0.373. The molecule has 1 saturated carbocycles. The summed E-state index contributed by atoms with van der Waals surface area (Å²) in [5.74, 6) is -0.173. The molecule has 0 aromatic heterocycles. The van der Waals surface area contributed by atoms with E-state index in [9.17, 15) is 14.7 Å². The summed E-state index contributed by atoms with van der Waals surface area (Å²) in [5, 5.41) is 19.5. The van der Waals surface area contributed by atoms with E-state index in [1.54, 1.807) is 30.3 Å². The van der Waals surface area contributed by atoms with Gasteiger partial charge in [0.05, 0.1) is 10.0 Å². The lowest BCUT2D eigenvalue weighted by Crippen LogP contribution is -2.47. The lowest BCUT2D eigenvalue weighted by atomic mass is 9.84. The summed E-state index contributed by atoms with van der Waals surface area (Å²) >= 11 is 12.2. The second-order valence-electron chi connectivity index (χ2n) is 10.5. The Kier molecular flexibility index (Phi) is 8.93. The number of rotatable bonds is 8. The van der Waals surface area contributed by atoms with Crippen LogP contribution in [0.15, 0.2) is 78.9 Å². The van der Waals surface area contributed by atoms with E-state index in [0.717, 1.165) is 42.0 Å². The summed E-state index contributed by atoms with van der Waals surface area (Å²) in [5.41, 5.74) is 2.46. The van der Waals surface area contributed by atoms with Gasteiger partial charge >= 0.3 is 0 Å². The van der Waals surface area contributed by atoms with Gasteiger partial charge in [-0.05, 0) is 64.6 Å². The van der Waals surface area contributed by atoms with Crippen LogP contribution in [-0.4, -0.2) is 23.0 Å². The molecular weight excluding hydrogens is 543 g/mol. The first-order valence-corrected chi connectivity index (χ1v) is 14.5. The van der Waals surface area contributed by atoms with Gasteiger partial charge in [0.2, 0.25) is 5.91 Å². The third kappa shape index (κ3) is 6.60. The van der Waals surface area contributed by atoms with Crippen LogP contribution < -0.4 is 10.6 Å². The predicted octanol–water partition coefficient (Wildman–Crippen LogP) is 7.90. The molecule has 4 aromatic carbocycles. The van der Waals surface area contributed by atoms with Crippen LogP contribution in [0.25, 0.3) is 21.9 Å². The zero-order chi connectivity index (χ0) is 28.1. The number of phenols is 1. The lowest BCUT2D eigenvalue weighted by molar-refractivity contribution is -0.123. The Hall–Kier alpha value is -3.54. The number of aromatic hydroxyl groups is 1. The third-order valence-corrected chi connectivity index (χ3v) is 8.48. The highest BCUT2D eigenvalue weighted by molar-refractivity contribution is 6.42. The van der Waals surface area contributed by atoms with Gasteiger partial charge in [-0.15, -0.1) is 0 Å².